The molecular weight excluding hydrogens is 429 g/mol. The normalized spacial score (nSPS) is 17.3. The van der Waals surface area contributed by atoms with Gasteiger partial charge in [0.15, 0.2) is 5.76 Å². The lowest BCUT2D eigenvalue weighted by atomic mass is 10.2. The highest BCUT2D eigenvalue weighted by atomic mass is 32.2. The van der Waals surface area contributed by atoms with Crippen molar-refractivity contribution in [2.75, 3.05) is 6.54 Å². The van der Waals surface area contributed by atoms with Gasteiger partial charge in [-0.3, -0.25) is 4.79 Å². The zero-order valence-corrected chi connectivity index (χ0v) is 17.8. The molecule has 1 unspecified atom stereocenters. The summed E-state index contributed by atoms with van der Waals surface area (Å²) in [5.74, 6) is 0.260. The van der Waals surface area contributed by atoms with Gasteiger partial charge >= 0.3 is 0 Å². The molecule has 3 aromatic rings. The van der Waals surface area contributed by atoms with Crippen LogP contribution in [0.5, 0.6) is 0 Å². The molecule has 1 saturated heterocycles. The number of aryl methyl sites for hydroxylation is 1. The molecule has 158 valence electrons. The molecule has 0 saturated carbocycles. The van der Waals surface area contributed by atoms with Crippen LogP contribution in [0.15, 0.2) is 51.1 Å². The number of nitrogens with one attached hydrogen (secondary N) is 1. The van der Waals surface area contributed by atoms with Crippen LogP contribution < -0.4 is 5.32 Å². The Hall–Kier alpha value is -2.56. The van der Waals surface area contributed by atoms with Gasteiger partial charge in [0.2, 0.25) is 15.9 Å². The number of furan rings is 1. The molecule has 1 amide bonds. The Morgan fingerprint density at radius 1 is 1.30 bits per heavy atom. The van der Waals surface area contributed by atoms with Crippen LogP contribution in [0.3, 0.4) is 0 Å². The lowest BCUT2D eigenvalue weighted by molar-refractivity contribution is -0.124. The first-order chi connectivity index (χ1) is 14.3. The maximum Gasteiger partial charge on any atom is 0.243 e. The first kappa shape index (κ1) is 20.7. The number of carbonyl (C=O) groups excluding carboxylic acids is 1. The summed E-state index contributed by atoms with van der Waals surface area (Å²) in [7, 11) is -3.89. The van der Waals surface area contributed by atoms with Crippen LogP contribution in [-0.2, 0) is 21.4 Å². The molecule has 2 aromatic heterocycles. The summed E-state index contributed by atoms with van der Waals surface area (Å²) in [4.78, 5) is 17.0. The van der Waals surface area contributed by atoms with E-state index in [1.54, 1.807) is 12.1 Å². The number of hydrogen-bond donors (Lipinski definition) is 1. The summed E-state index contributed by atoms with van der Waals surface area (Å²) in [6, 6.07) is 7.34. The average Bonchev–Trinajstić information content (AvgIpc) is 3.47. The smallest absolute Gasteiger partial charge is 0.243 e. The summed E-state index contributed by atoms with van der Waals surface area (Å²) in [5, 5.41) is 5.58. The molecule has 1 aliphatic heterocycles. The van der Waals surface area contributed by atoms with Crippen LogP contribution >= 0.6 is 11.3 Å². The van der Waals surface area contributed by atoms with Gasteiger partial charge < -0.3 is 9.73 Å². The SMILES string of the molecule is Cc1nc(-c2ccc(CNC(=O)C3CCCN3S(=O)(=O)c3ccc(F)cc3)o2)cs1. The predicted molar refractivity (Wildman–Crippen MR) is 110 cm³/mol. The Bertz CT molecular complexity index is 1150. The van der Waals surface area contributed by atoms with Gasteiger partial charge in [-0.2, -0.15) is 4.31 Å². The number of hydrogen-bond acceptors (Lipinski definition) is 6. The Morgan fingerprint density at radius 3 is 2.77 bits per heavy atom. The second kappa shape index (κ2) is 8.29. The molecule has 7 nitrogen and oxygen atoms in total. The van der Waals surface area contributed by atoms with Gasteiger partial charge in [-0.15, -0.1) is 11.3 Å². The van der Waals surface area contributed by atoms with Crippen LogP contribution in [0.25, 0.3) is 11.5 Å². The van der Waals surface area contributed by atoms with Crippen LogP contribution in [-0.4, -0.2) is 36.2 Å². The molecule has 1 atom stereocenters. The molecule has 1 fully saturated rings. The Kier molecular flexibility index (Phi) is 5.72. The molecule has 0 aliphatic carbocycles. The quantitative estimate of drug-likeness (QED) is 0.623. The third-order valence-corrected chi connectivity index (χ3v) is 7.59. The highest BCUT2D eigenvalue weighted by Gasteiger charge is 2.39. The van der Waals surface area contributed by atoms with Gasteiger partial charge in [0, 0.05) is 11.9 Å². The number of sulfonamides is 1. The summed E-state index contributed by atoms with van der Waals surface area (Å²) >= 11 is 1.52. The number of benzene rings is 1. The zero-order valence-electron chi connectivity index (χ0n) is 16.2. The number of halogens is 1. The fourth-order valence-corrected chi connectivity index (χ4v) is 5.67. The van der Waals surface area contributed by atoms with E-state index in [2.05, 4.69) is 10.3 Å². The number of rotatable bonds is 6. The van der Waals surface area contributed by atoms with Crippen molar-refractivity contribution in [2.24, 2.45) is 0 Å². The van der Waals surface area contributed by atoms with Gasteiger partial charge in [0.25, 0.3) is 0 Å². The fraction of sp³-hybridized carbons (Fsp3) is 0.300. The molecule has 1 aromatic carbocycles. The van der Waals surface area contributed by atoms with Crippen LogP contribution in [0.1, 0.15) is 23.6 Å². The van der Waals surface area contributed by atoms with Crippen molar-refractivity contribution in [1.82, 2.24) is 14.6 Å². The molecule has 4 rings (SSSR count). The highest BCUT2D eigenvalue weighted by molar-refractivity contribution is 7.89. The minimum Gasteiger partial charge on any atom is -0.458 e. The Labute approximate surface area is 177 Å². The van der Waals surface area contributed by atoms with Crippen LogP contribution in [0.4, 0.5) is 4.39 Å². The van der Waals surface area contributed by atoms with Gasteiger partial charge in [-0.05, 0) is 56.2 Å². The van der Waals surface area contributed by atoms with Gasteiger partial charge in [-0.25, -0.2) is 17.8 Å². The number of carbonyl (C=O) groups is 1. The van der Waals surface area contributed by atoms with E-state index in [-0.39, 0.29) is 23.9 Å². The largest absolute Gasteiger partial charge is 0.458 e. The Morgan fingerprint density at radius 2 is 2.07 bits per heavy atom. The lowest BCUT2D eigenvalue weighted by Gasteiger charge is -2.23. The minimum atomic E-state index is -3.89. The molecule has 3 heterocycles. The molecule has 0 spiro atoms. The summed E-state index contributed by atoms with van der Waals surface area (Å²) in [5.41, 5.74) is 0.738. The van der Waals surface area contributed by atoms with E-state index < -0.39 is 21.9 Å². The average molecular weight is 450 g/mol. The van der Waals surface area contributed by atoms with Crippen molar-refractivity contribution < 1.29 is 22.0 Å². The monoisotopic (exact) mass is 449 g/mol. The summed E-state index contributed by atoms with van der Waals surface area (Å²) in [6.45, 7) is 2.29. The minimum absolute atomic E-state index is 0.0298. The van der Waals surface area contributed by atoms with Crippen LogP contribution in [0.2, 0.25) is 0 Å². The molecule has 1 aliphatic rings. The predicted octanol–water partition coefficient (Wildman–Crippen LogP) is 3.32. The van der Waals surface area contributed by atoms with Crippen molar-refractivity contribution >= 4 is 27.3 Å². The maximum absolute atomic E-state index is 13.1. The van der Waals surface area contributed by atoms with E-state index in [0.29, 0.717) is 24.4 Å². The highest BCUT2D eigenvalue weighted by Crippen LogP contribution is 2.27. The fourth-order valence-electron chi connectivity index (χ4n) is 3.41. The number of thiazole rings is 1. The van der Waals surface area contributed by atoms with E-state index in [4.69, 9.17) is 4.42 Å². The van der Waals surface area contributed by atoms with Crippen LogP contribution in [0, 0.1) is 12.7 Å². The van der Waals surface area contributed by atoms with E-state index in [1.165, 1.54) is 27.8 Å². The van der Waals surface area contributed by atoms with E-state index in [1.807, 2.05) is 12.3 Å². The first-order valence-electron chi connectivity index (χ1n) is 9.41. The van der Waals surface area contributed by atoms with Crippen molar-refractivity contribution in [3.63, 3.8) is 0 Å². The summed E-state index contributed by atoms with van der Waals surface area (Å²) in [6.07, 6.45) is 1.00. The molecule has 30 heavy (non-hydrogen) atoms. The van der Waals surface area contributed by atoms with Gasteiger partial charge in [0.05, 0.1) is 16.4 Å². The lowest BCUT2D eigenvalue weighted by Crippen LogP contribution is -2.45. The van der Waals surface area contributed by atoms with Crippen molar-refractivity contribution in [3.05, 3.63) is 58.4 Å². The second-order valence-electron chi connectivity index (χ2n) is 6.96. The first-order valence-corrected chi connectivity index (χ1v) is 11.7. The standard InChI is InChI=1S/C20H20FN3O4S2/c1-13-23-17(12-29-13)19-9-6-15(28-19)11-22-20(25)18-3-2-10-24(18)30(26,27)16-7-4-14(21)5-8-16/h4-9,12,18H,2-3,10-11H2,1H3,(H,22,25). The topological polar surface area (TPSA) is 92.5 Å². The van der Waals surface area contributed by atoms with Gasteiger partial charge in [0.1, 0.15) is 23.3 Å². The molecular formula is C20H20FN3O4S2. The third-order valence-electron chi connectivity index (χ3n) is 4.90. The molecule has 10 heteroatoms. The van der Waals surface area contributed by atoms with E-state index >= 15 is 0 Å². The van der Waals surface area contributed by atoms with Crippen molar-refractivity contribution in [1.29, 1.82) is 0 Å². The third kappa shape index (κ3) is 4.16. The van der Waals surface area contributed by atoms with Crippen molar-refractivity contribution in [2.45, 2.75) is 37.2 Å². The molecule has 0 bridgehead atoms. The second-order valence-corrected chi connectivity index (χ2v) is 9.92. The molecule has 1 N–H and O–H groups in total. The van der Waals surface area contributed by atoms with E-state index in [0.717, 1.165) is 22.8 Å². The number of amides is 1. The van der Waals surface area contributed by atoms with Gasteiger partial charge in [-0.1, -0.05) is 0 Å². The number of nitrogens with zero attached hydrogens (tertiary/aromatic N) is 2. The molecule has 0 radical (unpaired) electrons. The van der Waals surface area contributed by atoms with E-state index in [9.17, 15) is 17.6 Å². The van der Waals surface area contributed by atoms with Crippen molar-refractivity contribution in [3.8, 4) is 11.5 Å². The summed E-state index contributed by atoms with van der Waals surface area (Å²) < 4.78 is 45.9. The number of aromatic nitrogens is 1. The zero-order chi connectivity index (χ0) is 21.3. The Balaban J connectivity index is 1.43. The maximum atomic E-state index is 13.1.